The van der Waals surface area contributed by atoms with E-state index in [-0.39, 0.29) is 0 Å². The number of hydrogen-bond acceptors (Lipinski definition) is 5. The highest BCUT2D eigenvalue weighted by Crippen LogP contribution is 2.18. The van der Waals surface area contributed by atoms with Crippen LogP contribution in [0.5, 0.6) is 0 Å². The molecule has 6 heteroatoms. The molecule has 0 amide bonds. The Morgan fingerprint density at radius 1 is 1.41 bits per heavy atom. The molecular weight excluding hydrogens is 234 g/mol. The molecule has 0 fully saturated rings. The van der Waals surface area contributed by atoms with Crippen LogP contribution in [0.1, 0.15) is 29.2 Å². The summed E-state index contributed by atoms with van der Waals surface area (Å²) in [5, 5.41) is 11.8. The molecular formula is C11H15N5S. The normalized spacial score (nSPS) is 14.6. The van der Waals surface area contributed by atoms with E-state index in [0.717, 1.165) is 37.0 Å². The first kappa shape index (κ1) is 10.7. The summed E-state index contributed by atoms with van der Waals surface area (Å²) in [5.74, 6) is 2.00. The van der Waals surface area contributed by atoms with Crippen molar-refractivity contribution < 1.29 is 0 Å². The van der Waals surface area contributed by atoms with Gasteiger partial charge in [-0.3, -0.25) is 4.57 Å². The molecule has 3 heterocycles. The van der Waals surface area contributed by atoms with Crippen LogP contribution in [0, 0.1) is 6.92 Å². The van der Waals surface area contributed by atoms with Gasteiger partial charge in [-0.25, -0.2) is 0 Å². The number of hydrogen-bond donors (Lipinski definition) is 1. The van der Waals surface area contributed by atoms with E-state index in [9.17, 15) is 0 Å². The molecule has 5 nitrogen and oxygen atoms in total. The lowest BCUT2D eigenvalue weighted by Gasteiger charge is -2.14. The van der Waals surface area contributed by atoms with E-state index in [1.807, 2.05) is 6.92 Å². The third kappa shape index (κ3) is 2.17. The topological polar surface area (TPSA) is 55.6 Å². The fraction of sp³-hybridized carbons (Fsp3) is 0.545. The minimum atomic E-state index is 0.781. The number of anilines is 1. The Hall–Kier alpha value is -1.43. The molecule has 0 radical (unpaired) electrons. The number of fused-ring (bicyclic) bond motifs is 1. The SMILES string of the molecule is Cc1cc(CNc2nnc3n2CCCC3)sn1. The largest absolute Gasteiger partial charge is 0.349 e. The van der Waals surface area contributed by atoms with Crippen molar-refractivity contribution in [1.29, 1.82) is 0 Å². The van der Waals surface area contributed by atoms with Crippen LogP contribution >= 0.6 is 11.5 Å². The van der Waals surface area contributed by atoms with Crippen LogP contribution in [0.25, 0.3) is 0 Å². The van der Waals surface area contributed by atoms with Crippen LogP contribution in [0.2, 0.25) is 0 Å². The Balaban J connectivity index is 1.71. The Labute approximate surface area is 104 Å². The zero-order valence-electron chi connectivity index (χ0n) is 9.81. The van der Waals surface area contributed by atoms with E-state index in [2.05, 4.69) is 30.5 Å². The number of aryl methyl sites for hydroxylation is 2. The van der Waals surface area contributed by atoms with Crippen LogP contribution in [0.15, 0.2) is 6.07 Å². The molecule has 0 aromatic carbocycles. The Morgan fingerprint density at radius 3 is 3.18 bits per heavy atom. The van der Waals surface area contributed by atoms with E-state index in [0.29, 0.717) is 0 Å². The van der Waals surface area contributed by atoms with Crippen LogP contribution < -0.4 is 5.32 Å². The van der Waals surface area contributed by atoms with Crippen LogP contribution in [0.4, 0.5) is 5.95 Å². The number of nitrogens with zero attached hydrogens (tertiary/aromatic N) is 4. The summed E-state index contributed by atoms with van der Waals surface area (Å²) in [6.07, 6.45) is 3.50. The van der Waals surface area contributed by atoms with Gasteiger partial charge in [0.15, 0.2) is 0 Å². The third-order valence-electron chi connectivity index (χ3n) is 2.96. The number of nitrogens with one attached hydrogen (secondary N) is 1. The number of rotatable bonds is 3. The zero-order valence-corrected chi connectivity index (χ0v) is 10.6. The van der Waals surface area contributed by atoms with E-state index in [1.165, 1.54) is 29.3 Å². The molecule has 2 aromatic heterocycles. The maximum atomic E-state index is 4.26. The molecule has 1 aliphatic rings. The highest BCUT2D eigenvalue weighted by atomic mass is 32.1. The summed E-state index contributed by atoms with van der Waals surface area (Å²) in [6, 6.07) is 2.10. The monoisotopic (exact) mass is 249 g/mol. The fourth-order valence-corrected chi connectivity index (χ4v) is 2.78. The average molecular weight is 249 g/mol. The molecule has 0 saturated carbocycles. The van der Waals surface area contributed by atoms with Crippen molar-refractivity contribution in [3.05, 3.63) is 22.5 Å². The molecule has 2 aromatic rings. The van der Waals surface area contributed by atoms with Crippen molar-refractivity contribution in [2.45, 2.75) is 39.3 Å². The van der Waals surface area contributed by atoms with E-state index in [1.54, 1.807) is 0 Å². The van der Waals surface area contributed by atoms with Gasteiger partial charge in [0.05, 0.1) is 12.2 Å². The van der Waals surface area contributed by atoms with Gasteiger partial charge in [0, 0.05) is 17.8 Å². The third-order valence-corrected chi connectivity index (χ3v) is 3.83. The Bertz CT molecular complexity index is 516. The fourth-order valence-electron chi connectivity index (χ4n) is 2.10. The van der Waals surface area contributed by atoms with Gasteiger partial charge in [0.1, 0.15) is 5.82 Å². The van der Waals surface area contributed by atoms with E-state index >= 15 is 0 Å². The van der Waals surface area contributed by atoms with Crippen LogP contribution in [-0.2, 0) is 19.5 Å². The minimum absolute atomic E-state index is 0.781. The van der Waals surface area contributed by atoms with Crippen molar-refractivity contribution in [1.82, 2.24) is 19.1 Å². The second kappa shape index (κ2) is 4.44. The summed E-state index contributed by atoms with van der Waals surface area (Å²) in [4.78, 5) is 1.23. The second-order valence-corrected chi connectivity index (χ2v) is 5.23. The van der Waals surface area contributed by atoms with Gasteiger partial charge in [-0.15, -0.1) is 10.2 Å². The lowest BCUT2D eigenvalue weighted by atomic mass is 10.2. The summed E-state index contributed by atoms with van der Waals surface area (Å²) < 4.78 is 6.45. The quantitative estimate of drug-likeness (QED) is 0.904. The predicted octanol–water partition coefficient (Wildman–Crippen LogP) is 1.99. The molecule has 0 bridgehead atoms. The molecule has 0 spiro atoms. The smallest absolute Gasteiger partial charge is 0.224 e. The van der Waals surface area contributed by atoms with Gasteiger partial charge in [-0.1, -0.05) is 0 Å². The summed E-state index contributed by atoms with van der Waals surface area (Å²) in [6.45, 7) is 3.83. The van der Waals surface area contributed by atoms with Crippen molar-refractivity contribution in [2.75, 3.05) is 5.32 Å². The van der Waals surface area contributed by atoms with Gasteiger partial charge in [0.25, 0.3) is 0 Å². The van der Waals surface area contributed by atoms with Gasteiger partial charge in [0.2, 0.25) is 5.95 Å². The molecule has 1 N–H and O–H groups in total. The Morgan fingerprint density at radius 2 is 2.35 bits per heavy atom. The Kier molecular flexibility index (Phi) is 2.80. The van der Waals surface area contributed by atoms with Crippen LogP contribution in [0.3, 0.4) is 0 Å². The molecule has 17 heavy (non-hydrogen) atoms. The van der Waals surface area contributed by atoms with Crippen molar-refractivity contribution in [3.8, 4) is 0 Å². The van der Waals surface area contributed by atoms with Gasteiger partial charge in [-0.2, -0.15) is 4.37 Å². The molecule has 3 rings (SSSR count). The van der Waals surface area contributed by atoms with Crippen molar-refractivity contribution in [3.63, 3.8) is 0 Å². The lowest BCUT2D eigenvalue weighted by molar-refractivity contribution is 0.525. The predicted molar refractivity (Wildman–Crippen MR) is 67.1 cm³/mol. The highest BCUT2D eigenvalue weighted by molar-refractivity contribution is 7.05. The first-order chi connectivity index (χ1) is 8.33. The average Bonchev–Trinajstić information content (AvgIpc) is 2.93. The summed E-state index contributed by atoms with van der Waals surface area (Å²) in [5.41, 5.74) is 1.08. The van der Waals surface area contributed by atoms with E-state index in [4.69, 9.17) is 0 Å². The van der Waals surface area contributed by atoms with E-state index < -0.39 is 0 Å². The minimum Gasteiger partial charge on any atom is -0.349 e. The standard InChI is InChI=1S/C11H15N5S/c1-8-6-9(17-15-8)7-12-11-14-13-10-4-2-3-5-16(10)11/h6H,2-5,7H2,1H3,(H,12,14). The van der Waals surface area contributed by atoms with Gasteiger partial charge < -0.3 is 5.32 Å². The highest BCUT2D eigenvalue weighted by Gasteiger charge is 2.15. The molecule has 0 aliphatic carbocycles. The second-order valence-electron chi connectivity index (χ2n) is 4.34. The van der Waals surface area contributed by atoms with Crippen molar-refractivity contribution in [2.24, 2.45) is 0 Å². The van der Waals surface area contributed by atoms with Gasteiger partial charge in [-0.05, 0) is 37.4 Å². The first-order valence-corrected chi connectivity index (χ1v) is 6.68. The molecule has 0 unspecified atom stereocenters. The number of aromatic nitrogens is 4. The first-order valence-electron chi connectivity index (χ1n) is 5.91. The molecule has 0 atom stereocenters. The molecule has 1 aliphatic heterocycles. The summed E-state index contributed by atoms with van der Waals surface area (Å²) >= 11 is 1.54. The van der Waals surface area contributed by atoms with Crippen LogP contribution in [-0.4, -0.2) is 19.1 Å². The zero-order chi connectivity index (χ0) is 11.7. The summed E-state index contributed by atoms with van der Waals surface area (Å²) in [7, 11) is 0. The maximum Gasteiger partial charge on any atom is 0.224 e. The van der Waals surface area contributed by atoms with Gasteiger partial charge >= 0.3 is 0 Å². The molecule has 0 saturated heterocycles. The molecule has 90 valence electrons. The lowest BCUT2D eigenvalue weighted by Crippen LogP contribution is -2.13. The van der Waals surface area contributed by atoms with Crippen molar-refractivity contribution >= 4 is 17.5 Å². The maximum absolute atomic E-state index is 4.26.